The maximum absolute atomic E-state index is 14.5. The molecule has 30 heavy (non-hydrogen) atoms. The second kappa shape index (κ2) is 8.98. The molecule has 4 rings (SSSR count). The molecule has 2 aromatic carbocycles. The fourth-order valence-corrected chi connectivity index (χ4v) is 4.02. The summed E-state index contributed by atoms with van der Waals surface area (Å²) < 4.78 is 27.1. The van der Waals surface area contributed by atoms with E-state index in [1.165, 1.54) is 13.2 Å². The number of methoxy groups -OCH3 is 1. The van der Waals surface area contributed by atoms with Crippen molar-refractivity contribution in [1.29, 1.82) is 0 Å². The van der Waals surface area contributed by atoms with Crippen LogP contribution in [0.2, 0.25) is 0 Å². The zero-order valence-corrected chi connectivity index (χ0v) is 17.8. The lowest BCUT2D eigenvalue weighted by atomic mass is 10.1. The smallest absolute Gasteiger partial charge is 0.165 e. The molecular formula is C24H28FN3O2. The molecule has 2 heterocycles. The van der Waals surface area contributed by atoms with Crippen molar-refractivity contribution < 1.29 is 13.9 Å². The number of hydrogen-bond donors (Lipinski definition) is 0. The molecule has 6 heteroatoms. The summed E-state index contributed by atoms with van der Waals surface area (Å²) in [5.74, 6) is -0.151. The SMILES string of the molecule is CCC1COCCN1Cc1cn(-c2ccccc2C)nc1-c1ccc(OC)c(F)c1. The first-order valence-electron chi connectivity index (χ1n) is 10.4. The molecule has 1 aliphatic heterocycles. The van der Waals surface area contributed by atoms with Gasteiger partial charge in [0.2, 0.25) is 0 Å². The number of nitrogens with zero attached hydrogens (tertiary/aromatic N) is 3. The van der Waals surface area contributed by atoms with Gasteiger partial charge in [-0.05, 0) is 43.2 Å². The number of halogens is 1. The Balaban J connectivity index is 1.77. The summed E-state index contributed by atoms with van der Waals surface area (Å²) >= 11 is 0. The number of morpholine rings is 1. The van der Waals surface area contributed by atoms with Crippen molar-refractivity contribution in [3.05, 3.63) is 65.6 Å². The zero-order chi connectivity index (χ0) is 21.1. The van der Waals surface area contributed by atoms with E-state index >= 15 is 0 Å². The van der Waals surface area contributed by atoms with E-state index in [2.05, 4.69) is 31.0 Å². The Bertz CT molecular complexity index is 1020. The van der Waals surface area contributed by atoms with Crippen LogP contribution in [0.5, 0.6) is 5.75 Å². The fourth-order valence-electron chi connectivity index (χ4n) is 4.02. The molecule has 0 amide bonds. The van der Waals surface area contributed by atoms with Gasteiger partial charge in [0.05, 0.1) is 31.7 Å². The lowest BCUT2D eigenvalue weighted by Gasteiger charge is -2.34. The Labute approximate surface area is 177 Å². The largest absolute Gasteiger partial charge is 0.494 e. The molecule has 1 aliphatic rings. The van der Waals surface area contributed by atoms with Crippen molar-refractivity contribution in [3.8, 4) is 22.7 Å². The topological polar surface area (TPSA) is 39.5 Å². The lowest BCUT2D eigenvalue weighted by molar-refractivity contribution is -0.0126. The van der Waals surface area contributed by atoms with Gasteiger partial charge in [-0.1, -0.05) is 25.1 Å². The predicted molar refractivity (Wildman–Crippen MR) is 116 cm³/mol. The molecule has 1 fully saturated rings. The van der Waals surface area contributed by atoms with Crippen LogP contribution in [-0.2, 0) is 11.3 Å². The van der Waals surface area contributed by atoms with Crippen molar-refractivity contribution in [2.75, 3.05) is 26.9 Å². The molecular weight excluding hydrogens is 381 g/mol. The average Bonchev–Trinajstić information content (AvgIpc) is 3.18. The second-order valence-corrected chi connectivity index (χ2v) is 7.69. The van der Waals surface area contributed by atoms with Gasteiger partial charge in [-0.2, -0.15) is 5.10 Å². The summed E-state index contributed by atoms with van der Waals surface area (Å²) in [5.41, 5.74) is 4.77. The van der Waals surface area contributed by atoms with Gasteiger partial charge in [-0.15, -0.1) is 0 Å². The molecule has 0 bridgehead atoms. The summed E-state index contributed by atoms with van der Waals surface area (Å²) in [7, 11) is 1.47. The van der Waals surface area contributed by atoms with E-state index < -0.39 is 0 Å². The van der Waals surface area contributed by atoms with Crippen molar-refractivity contribution in [1.82, 2.24) is 14.7 Å². The van der Waals surface area contributed by atoms with Crippen LogP contribution in [0.4, 0.5) is 4.39 Å². The highest BCUT2D eigenvalue weighted by Gasteiger charge is 2.24. The number of para-hydroxylation sites is 1. The normalized spacial score (nSPS) is 17.3. The molecule has 3 aromatic rings. The van der Waals surface area contributed by atoms with Crippen LogP contribution >= 0.6 is 0 Å². The first-order chi connectivity index (χ1) is 14.6. The number of hydrogen-bond acceptors (Lipinski definition) is 4. The van der Waals surface area contributed by atoms with Crippen molar-refractivity contribution in [3.63, 3.8) is 0 Å². The third-order valence-electron chi connectivity index (χ3n) is 5.77. The van der Waals surface area contributed by atoms with E-state index in [9.17, 15) is 4.39 Å². The van der Waals surface area contributed by atoms with Crippen molar-refractivity contribution >= 4 is 0 Å². The highest BCUT2D eigenvalue weighted by molar-refractivity contribution is 5.64. The zero-order valence-electron chi connectivity index (χ0n) is 17.8. The summed E-state index contributed by atoms with van der Waals surface area (Å²) in [6, 6.07) is 13.5. The van der Waals surface area contributed by atoms with Crippen LogP contribution in [0, 0.1) is 12.7 Å². The Hall–Kier alpha value is -2.70. The Morgan fingerprint density at radius 3 is 2.80 bits per heavy atom. The minimum Gasteiger partial charge on any atom is -0.494 e. The summed E-state index contributed by atoms with van der Waals surface area (Å²) in [6.07, 6.45) is 3.10. The number of rotatable bonds is 6. The maximum atomic E-state index is 14.5. The molecule has 0 spiro atoms. The van der Waals surface area contributed by atoms with Crippen LogP contribution in [0.1, 0.15) is 24.5 Å². The van der Waals surface area contributed by atoms with Gasteiger partial charge < -0.3 is 9.47 Å². The number of ether oxygens (including phenoxy) is 2. The molecule has 0 radical (unpaired) electrons. The molecule has 1 aromatic heterocycles. The van der Waals surface area contributed by atoms with Crippen LogP contribution < -0.4 is 4.74 Å². The first-order valence-corrected chi connectivity index (χ1v) is 10.4. The maximum Gasteiger partial charge on any atom is 0.165 e. The Kier molecular flexibility index (Phi) is 6.16. The van der Waals surface area contributed by atoms with E-state index in [1.54, 1.807) is 6.07 Å². The van der Waals surface area contributed by atoms with Crippen LogP contribution in [0.25, 0.3) is 16.9 Å². The molecule has 0 N–H and O–H groups in total. The average molecular weight is 410 g/mol. The van der Waals surface area contributed by atoms with Gasteiger partial charge in [0.25, 0.3) is 0 Å². The molecule has 158 valence electrons. The number of aryl methyl sites for hydroxylation is 1. The molecule has 0 aliphatic carbocycles. The fraction of sp³-hybridized carbons (Fsp3) is 0.375. The molecule has 1 unspecified atom stereocenters. The quantitative estimate of drug-likeness (QED) is 0.596. The molecule has 5 nitrogen and oxygen atoms in total. The van der Waals surface area contributed by atoms with Gasteiger partial charge in [0, 0.05) is 36.5 Å². The lowest BCUT2D eigenvalue weighted by Crippen LogP contribution is -2.44. The Morgan fingerprint density at radius 1 is 1.23 bits per heavy atom. The monoisotopic (exact) mass is 409 g/mol. The minimum absolute atomic E-state index is 0.234. The third-order valence-corrected chi connectivity index (χ3v) is 5.77. The number of benzene rings is 2. The molecule has 1 saturated heterocycles. The third kappa shape index (κ3) is 4.11. The predicted octanol–water partition coefficient (Wildman–Crippen LogP) is 4.61. The molecule has 0 saturated carbocycles. The van der Waals surface area contributed by atoms with Gasteiger partial charge >= 0.3 is 0 Å². The van der Waals surface area contributed by atoms with E-state index in [1.807, 2.05) is 28.9 Å². The molecule has 1 atom stereocenters. The van der Waals surface area contributed by atoms with Gasteiger partial charge in [0.1, 0.15) is 0 Å². The highest BCUT2D eigenvalue weighted by atomic mass is 19.1. The highest BCUT2D eigenvalue weighted by Crippen LogP contribution is 2.30. The van der Waals surface area contributed by atoms with Gasteiger partial charge in [-0.3, -0.25) is 4.90 Å². The van der Waals surface area contributed by atoms with Gasteiger partial charge in [0.15, 0.2) is 11.6 Å². The van der Waals surface area contributed by atoms with Gasteiger partial charge in [-0.25, -0.2) is 9.07 Å². The van der Waals surface area contributed by atoms with Crippen LogP contribution in [-0.4, -0.2) is 47.6 Å². The standard InChI is InChI=1S/C24H28FN3O2/c1-4-20-16-30-12-11-27(20)14-19-15-28(22-8-6-5-7-17(22)2)26-24(19)18-9-10-23(29-3)21(25)13-18/h5-10,13,15,20H,4,11-12,14,16H2,1-3H3. The summed E-state index contributed by atoms with van der Waals surface area (Å²) in [5, 5.41) is 4.88. The van der Waals surface area contributed by atoms with E-state index in [0.29, 0.717) is 6.04 Å². The van der Waals surface area contributed by atoms with E-state index in [0.717, 1.165) is 60.8 Å². The first kappa shape index (κ1) is 20.6. The Morgan fingerprint density at radius 2 is 2.07 bits per heavy atom. The number of aromatic nitrogens is 2. The summed E-state index contributed by atoms with van der Waals surface area (Å²) in [6.45, 7) is 7.35. The van der Waals surface area contributed by atoms with Crippen molar-refractivity contribution in [2.45, 2.75) is 32.9 Å². The van der Waals surface area contributed by atoms with E-state index in [-0.39, 0.29) is 11.6 Å². The minimum atomic E-state index is -0.385. The van der Waals surface area contributed by atoms with E-state index in [4.69, 9.17) is 14.6 Å². The van der Waals surface area contributed by atoms with Crippen LogP contribution in [0.3, 0.4) is 0 Å². The second-order valence-electron chi connectivity index (χ2n) is 7.69. The van der Waals surface area contributed by atoms with Crippen molar-refractivity contribution in [2.24, 2.45) is 0 Å². The summed E-state index contributed by atoms with van der Waals surface area (Å²) in [4.78, 5) is 2.44. The van der Waals surface area contributed by atoms with Crippen LogP contribution in [0.15, 0.2) is 48.7 Å².